The third-order valence-electron chi connectivity index (χ3n) is 5.87. The van der Waals surface area contributed by atoms with E-state index in [0.717, 1.165) is 31.7 Å². The molecule has 3 aliphatic heterocycles. The Bertz CT molecular complexity index is 784. The van der Waals surface area contributed by atoms with E-state index in [9.17, 15) is 4.79 Å². The number of carbonyl (C=O) groups is 1. The number of nitrogens with zero attached hydrogens (tertiary/aromatic N) is 3. The number of aromatic nitrogens is 2. The van der Waals surface area contributed by atoms with Crippen molar-refractivity contribution in [3.8, 4) is 10.6 Å². The molecule has 7 heteroatoms. The van der Waals surface area contributed by atoms with Gasteiger partial charge in [0.2, 0.25) is 0 Å². The molecule has 4 unspecified atom stereocenters. The van der Waals surface area contributed by atoms with Crippen LogP contribution in [-0.4, -0.2) is 52.4 Å². The number of piperidine rings is 3. The normalized spacial score (nSPS) is 27.1. The third kappa shape index (κ3) is 3.89. The summed E-state index contributed by atoms with van der Waals surface area (Å²) >= 11 is 1.74. The van der Waals surface area contributed by atoms with Crippen molar-refractivity contribution in [2.24, 2.45) is 13.0 Å². The molecule has 5 heterocycles. The minimum Gasteiger partial charge on any atom is -0.337 e. The van der Waals surface area contributed by atoms with Gasteiger partial charge in [0.15, 0.2) is 0 Å². The Morgan fingerprint density at radius 1 is 1.44 bits per heavy atom. The summed E-state index contributed by atoms with van der Waals surface area (Å²) in [6.45, 7) is 6.89. The van der Waals surface area contributed by atoms with Gasteiger partial charge in [0.1, 0.15) is 5.69 Å². The van der Waals surface area contributed by atoms with Gasteiger partial charge in [-0.3, -0.25) is 9.58 Å². The lowest BCUT2D eigenvalue weighted by Crippen LogP contribution is -2.57. The predicted molar refractivity (Wildman–Crippen MR) is 109 cm³/mol. The van der Waals surface area contributed by atoms with Crippen molar-refractivity contribution in [2.75, 3.05) is 19.6 Å². The van der Waals surface area contributed by atoms with E-state index in [0.29, 0.717) is 17.9 Å². The van der Waals surface area contributed by atoms with E-state index < -0.39 is 0 Å². The number of hydrogen-bond acceptors (Lipinski definition) is 4. The SMILES string of the molecule is CC(C)NC(=O)NCC1CC2CCN1CC2c1cc(-c2cccs2)nn1C. The molecule has 0 spiro atoms. The predicted octanol–water partition coefficient (Wildman–Crippen LogP) is 3.03. The Kier molecular flexibility index (Phi) is 5.23. The highest BCUT2D eigenvalue weighted by molar-refractivity contribution is 7.13. The summed E-state index contributed by atoms with van der Waals surface area (Å²) in [4.78, 5) is 15.7. The van der Waals surface area contributed by atoms with Crippen molar-refractivity contribution in [3.05, 3.63) is 29.3 Å². The van der Waals surface area contributed by atoms with Crippen molar-refractivity contribution in [1.29, 1.82) is 0 Å². The highest BCUT2D eigenvalue weighted by atomic mass is 32.1. The second-order valence-electron chi connectivity index (χ2n) is 8.10. The van der Waals surface area contributed by atoms with Crippen molar-refractivity contribution >= 4 is 17.4 Å². The number of rotatable bonds is 5. The molecule has 3 aliphatic rings. The molecule has 0 aliphatic carbocycles. The number of carbonyl (C=O) groups excluding carboxylic acids is 1. The highest BCUT2D eigenvalue weighted by Crippen LogP contribution is 2.42. The molecule has 0 aromatic carbocycles. The van der Waals surface area contributed by atoms with Crippen LogP contribution < -0.4 is 10.6 Å². The lowest BCUT2D eigenvalue weighted by molar-refractivity contribution is 0.0294. The Balaban J connectivity index is 1.41. The molecule has 146 valence electrons. The molecule has 3 fully saturated rings. The summed E-state index contributed by atoms with van der Waals surface area (Å²) < 4.78 is 2.07. The van der Waals surface area contributed by atoms with Gasteiger partial charge in [-0.2, -0.15) is 5.10 Å². The Morgan fingerprint density at radius 2 is 2.30 bits per heavy atom. The molecule has 0 radical (unpaired) electrons. The first kappa shape index (κ1) is 18.5. The van der Waals surface area contributed by atoms with Gasteiger partial charge in [-0.05, 0) is 56.7 Å². The summed E-state index contributed by atoms with van der Waals surface area (Å²) in [6, 6.07) is 7.05. The number of amides is 2. The largest absolute Gasteiger partial charge is 0.337 e. The van der Waals surface area contributed by atoms with Crippen molar-refractivity contribution in [1.82, 2.24) is 25.3 Å². The van der Waals surface area contributed by atoms with E-state index in [1.807, 2.05) is 13.8 Å². The summed E-state index contributed by atoms with van der Waals surface area (Å²) in [6.07, 6.45) is 2.38. The summed E-state index contributed by atoms with van der Waals surface area (Å²) in [7, 11) is 2.07. The van der Waals surface area contributed by atoms with Crippen LogP contribution in [0.1, 0.15) is 38.3 Å². The molecule has 4 atom stereocenters. The zero-order valence-electron chi connectivity index (χ0n) is 16.3. The second-order valence-corrected chi connectivity index (χ2v) is 9.05. The quantitative estimate of drug-likeness (QED) is 0.829. The zero-order valence-corrected chi connectivity index (χ0v) is 17.1. The Hall–Kier alpha value is -1.86. The Morgan fingerprint density at radius 3 is 2.96 bits per heavy atom. The summed E-state index contributed by atoms with van der Waals surface area (Å²) in [5, 5.41) is 12.8. The fourth-order valence-electron chi connectivity index (χ4n) is 4.58. The standard InChI is InChI=1S/C20H29N5OS/c1-13(2)22-20(26)21-11-15-9-14-6-7-25(15)12-16(14)18-10-17(23-24(18)3)19-5-4-8-27-19/h4-5,8,10,13-16H,6-7,9,11-12H2,1-3H3,(H2,21,22,26). The molecule has 6 nitrogen and oxygen atoms in total. The van der Waals surface area contributed by atoms with Crippen LogP contribution in [0.4, 0.5) is 4.79 Å². The number of nitrogens with one attached hydrogen (secondary N) is 2. The minimum atomic E-state index is -0.0589. The molecule has 0 saturated carbocycles. The third-order valence-corrected chi connectivity index (χ3v) is 6.76. The fourth-order valence-corrected chi connectivity index (χ4v) is 5.26. The maximum Gasteiger partial charge on any atom is 0.315 e. The van der Waals surface area contributed by atoms with Gasteiger partial charge in [-0.1, -0.05) is 6.07 Å². The molecular weight excluding hydrogens is 358 g/mol. The molecular formula is C20H29N5OS. The first-order chi connectivity index (χ1) is 13.0. The number of hydrogen-bond donors (Lipinski definition) is 2. The highest BCUT2D eigenvalue weighted by Gasteiger charge is 2.41. The molecule has 5 rings (SSSR count). The maximum absolute atomic E-state index is 11.9. The maximum atomic E-state index is 11.9. The van der Waals surface area contributed by atoms with Crippen LogP contribution in [0.15, 0.2) is 23.6 Å². The smallest absolute Gasteiger partial charge is 0.315 e. The molecule has 2 amide bonds. The van der Waals surface area contributed by atoms with E-state index in [1.165, 1.54) is 17.0 Å². The number of thiophene rings is 1. The van der Waals surface area contributed by atoms with Crippen molar-refractivity contribution in [2.45, 2.75) is 44.7 Å². The second kappa shape index (κ2) is 7.64. The van der Waals surface area contributed by atoms with Gasteiger partial charge >= 0.3 is 6.03 Å². The van der Waals surface area contributed by atoms with Crippen molar-refractivity contribution < 1.29 is 4.79 Å². The van der Waals surface area contributed by atoms with Crippen LogP contribution in [0.5, 0.6) is 0 Å². The van der Waals surface area contributed by atoms with E-state index in [-0.39, 0.29) is 12.1 Å². The van der Waals surface area contributed by atoms with Gasteiger partial charge in [-0.15, -0.1) is 11.3 Å². The fraction of sp³-hybridized carbons (Fsp3) is 0.600. The van der Waals surface area contributed by atoms with Crippen LogP contribution in [0.25, 0.3) is 10.6 Å². The van der Waals surface area contributed by atoms with Gasteiger partial charge in [-0.25, -0.2) is 4.79 Å². The number of aryl methyl sites for hydroxylation is 1. The molecule has 2 N–H and O–H groups in total. The van der Waals surface area contributed by atoms with Gasteiger partial charge in [0.25, 0.3) is 0 Å². The molecule has 27 heavy (non-hydrogen) atoms. The van der Waals surface area contributed by atoms with E-state index >= 15 is 0 Å². The topological polar surface area (TPSA) is 62.2 Å². The lowest BCUT2D eigenvalue weighted by atomic mass is 9.74. The number of urea groups is 1. The summed E-state index contributed by atoms with van der Waals surface area (Å²) in [5.41, 5.74) is 2.43. The van der Waals surface area contributed by atoms with Crippen LogP contribution in [0.3, 0.4) is 0 Å². The van der Waals surface area contributed by atoms with E-state index in [4.69, 9.17) is 5.10 Å². The zero-order chi connectivity index (χ0) is 19.0. The van der Waals surface area contributed by atoms with Crippen LogP contribution in [0, 0.1) is 5.92 Å². The Labute approximate surface area is 164 Å². The first-order valence-corrected chi connectivity index (χ1v) is 10.8. The van der Waals surface area contributed by atoms with Gasteiger partial charge < -0.3 is 10.6 Å². The average Bonchev–Trinajstić information content (AvgIpc) is 3.29. The molecule has 2 bridgehead atoms. The van der Waals surface area contributed by atoms with Crippen LogP contribution in [0.2, 0.25) is 0 Å². The van der Waals surface area contributed by atoms with Crippen LogP contribution in [-0.2, 0) is 7.05 Å². The van der Waals surface area contributed by atoms with Gasteiger partial charge in [0.05, 0.1) is 4.88 Å². The first-order valence-electron chi connectivity index (χ1n) is 9.87. The minimum absolute atomic E-state index is 0.0589. The average molecular weight is 388 g/mol. The number of fused-ring (bicyclic) bond motifs is 3. The van der Waals surface area contributed by atoms with Gasteiger partial charge in [0, 0.05) is 43.8 Å². The van der Waals surface area contributed by atoms with E-state index in [1.54, 1.807) is 11.3 Å². The molecule has 3 saturated heterocycles. The van der Waals surface area contributed by atoms with Crippen LogP contribution >= 0.6 is 11.3 Å². The molecule has 2 aromatic rings. The van der Waals surface area contributed by atoms with Crippen molar-refractivity contribution in [3.63, 3.8) is 0 Å². The lowest BCUT2D eigenvalue weighted by Gasteiger charge is -2.49. The monoisotopic (exact) mass is 387 g/mol. The van der Waals surface area contributed by atoms with E-state index in [2.05, 4.69) is 50.8 Å². The molecule has 2 aromatic heterocycles. The summed E-state index contributed by atoms with van der Waals surface area (Å²) in [5.74, 6) is 1.20.